The number of carbonyl (C=O) groups is 1. The molecule has 7 heteroatoms. The van der Waals surface area contributed by atoms with E-state index in [1.807, 2.05) is 11.8 Å². The number of carbonyl (C=O) groups excluding carboxylic acids is 1. The van der Waals surface area contributed by atoms with Crippen LogP contribution in [0.1, 0.15) is 58.3 Å². The maximum absolute atomic E-state index is 13.2. The van der Waals surface area contributed by atoms with Gasteiger partial charge in [0.25, 0.3) is 0 Å². The quantitative estimate of drug-likeness (QED) is 0.757. The summed E-state index contributed by atoms with van der Waals surface area (Å²) in [5.41, 5.74) is 0.188. The van der Waals surface area contributed by atoms with Crippen LogP contribution in [0.2, 0.25) is 0 Å². The highest BCUT2D eigenvalue weighted by Gasteiger charge is 2.43. The molecule has 1 spiro atoms. The number of hydrogen-bond acceptors (Lipinski definition) is 4. The largest absolute Gasteiger partial charge is 0.381 e. The van der Waals surface area contributed by atoms with Crippen LogP contribution in [-0.4, -0.2) is 68.2 Å². The predicted molar refractivity (Wildman–Crippen MR) is 96.7 cm³/mol. The van der Waals surface area contributed by atoms with E-state index in [1.54, 1.807) is 0 Å². The third-order valence-corrected chi connectivity index (χ3v) is 8.16. The average Bonchev–Trinajstić information content (AvgIpc) is 2.62. The van der Waals surface area contributed by atoms with E-state index in [-0.39, 0.29) is 17.1 Å². The van der Waals surface area contributed by atoms with Gasteiger partial charge in [0.2, 0.25) is 15.9 Å². The SMILES string of the molecule is CCCS(=O)(=O)N1CCCC[C@@H]1C(=O)N1CCCC2(CCOCC2)C1. The van der Waals surface area contributed by atoms with Crippen molar-refractivity contribution in [1.82, 2.24) is 9.21 Å². The van der Waals surface area contributed by atoms with Crippen molar-refractivity contribution in [2.24, 2.45) is 5.41 Å². The molecule has 0 aromatic rings. The van der Waals surface area contributed by atoms with Crippen molar-refractivity contribution in [1.29, 1.82) is 0 Å². The van der Waals surface area contributed by atoms with Crippen LogP contribution >= 0.6 is 0 Å². The first kappa shape index (κ1) is 19.1. The standard InChI is InChI=1S/C18H32N2O4S/c1-2-14-25(22,23)20-11-4-3-6-16(20)17(21)19-10-5-7-18(15-19)8-12-24-13-9-18/h16H,2-15H2,1H3/t16-/m1/s1. The van der Waals surface area contributed by atoms with Crippen molar-refractivity contribution in [2.45, 2.75) is 64.3 Å². The van der Waals surface area contributed by atoms with Gasteiger partial charge in [0.1, 0.15) is 6.04 Å². The molecule has 3 saturated heterocycles. The maximum Gasteiger partial charge on any atom is 0.241 e. The number of rotatable bonds is 4. The number of nitrogens with zero attached hydrogens (tertiary/aromatic N) is 2. The maximum atomic E-state index is 13.2. The molecule has 0 aliphatic carbocycles. The van der Waals surface area contributed by atoms with Crippen LogP contribution in [-0.2, 0) is 19.6 Å². The summed E-state index contributed by atoms with van der Waals surface area (Å²) in [6, 6.07) is -0.486. The summed E-state index contributed by atoms with van der Waals surface area (Å²) in [6.45, 7) is 5.46. The minimum atomic E-state index is -3.33. The highest BCUT2D eigenvalue weighted by molar-refractivity contribution is 7.89. The zero-order valence-electron chi connectivity index (χ0n) is 15.4. The Balaban J connectivity index is 1.73. The van der Waals surface area contributed by atoms with Crippen molar-refractivity contribution in [2.75, 3.05) is 38.6 Å². The molecule has 3 aliphatic rings. The second-order valence-corrected chi connectivity index (χ2v) is 9.96. The van der Waals surface area contributed by atoms with Gasteiger partial charge in [-0.1, -0.05) is 13.3 Å². The van der Waals surface area contributed by atoms with Gasteiger partial charge in [-0.2, -0.15) is 4.31 Å². The Bertz CT molecular complexity index is 566. The van der Waals surface area contributed by atoms with Crippen LogP contribution in [0.25, 0.3) is 0 Å². The van der Waals surface area contributed by atoms with E-state index in [2.05, 4.69) is 0 Å². The second-order valence-electron chi connectivity index (χ2n) is 7.91. The highest BCUT2D eigenvalue weighted by Crippen LogP contribution is 2.39. The first-order valence-electron chi connectivity index (χ1n) is 9.83. The fourth-order valence-electron chi connectivity index (χ4n) is 4.68. The predicted octanol–water partition coefficient (Wildman–Crippen LogP) is 2.00. The second kappa shape index (κ2) is 7.92. The number of amides is 1. The van der Waals surface area contributed by atoms with Gasteiger partial charge in [-0.15, -0.1) is 0 Å². The van der Waals surface area contributed by atoms with E-state index >= 15 is 0 Å². The van der Waals surface area contributed by atoms with Crippen LogP contribution in [0.5, 0.6) is 0 Å². The lowest BCUT2D eigenvalue weighted by atomic mass is 9.74. The molecule has 0 bridgehead atoms. The summed E-state index contributed by atoms with van der Waals surface area (Å²) in [7, 11) is -3.33. The summed E-state index contributed by atoms with van der Waals surface area (Å²) in [4.78, 5) is 15.2. The zero-order valence-corrected chi connectivity index (χ0v) is 16.2. The van der Waals surface area contributed by atoms with Crippen molar-refractivity contribution in [3.05, 3.63) is 0 Å². The van der Waals surface area contributed by atoms with Crippen molar-refractivity contribution in [3.8, 4) is 0 Å². The summed E-state index contributed by atoms with van der Waals surface area (Å²) in [5.74, 6) is 0.169. The van der Waals surface area contributed by atoms with Crippen LogP contribution in [0.3, 0.4) is 0 Å². The number of piperidine rings is 2. The molecule has 1 amide bonds. The van der Waals surface area contributed by atoms with Gasteiger partial charge >= 0.3 is 0 Å². The molecular formula is C18H32N2O4S. The summed E-state index contributed by atoms with van der Waals surface area (Å²) >= 11 is 0. The number of hydrogen-bond donors (Lipinski definition) is 0. The van der Waals surface area contributed by atoms with E-state index in [4.69, 9.17) is 4.74 Å². The molecule has 0 unspecified atom stereocenters. The first-order chi connectivity index (χ1) is 12.0. The lowest BCUT2D eigenvalue weighted by Gasteiger charge is -2.46. The first-order valence-corrected chi connectivity index (χ1v) is 11.4. The molecule has 0 N–H and O–H groups in total. The van der Waals surface area contributed by atoms with E-state index in [0.717, 1.165) is 64.8 Å². The zero-order chi connectivity index (χ0) is 17.9. The van der Waals surface area contributed by atoms with Crippen LogP contribution in [0.15, 0.2) is 0 Å². The van der Waals surface area contributed by atoms with Crippen LogP contribution in [0.4, 0.5) is 0 Å². The van der Waals surface area contributed by atoms with E-state index < -0.39 is 16.1 Å². The summed E-state index contributed by atoms with van der Waals surface area (Å²) < 4.78 is 32.2. The third kappa shape index (κ3) is 4.19. The molecule has 6 nitrogen and oxygen atoms in total. The van der Waals surface area contributed by atoms with Crippen molar-refractivity contribution in [3.63, 3.8) is 0 Å². The molecule has 3 rings (SSSR count). The number of sulfonamides is 1. The van der Waals surface area contributed by atoms with E-state index in [9.17, 15) is 13.2 Å². The molecule has 0 saturated carbocycles. The molecule has 0 aromatic heterocycles. The number of ether oxygens (including phenoxy) is 1. The molecule has 144 valence electrons. The Labute approximate surface area is 151 Å². The Morgan fingerprint density at radius 3 is 2.60 bits per heavy atom. The van der Waals surface area contributed by atoms with E-state index in [0.29, 0.717) is 19.4 Å². The van der Waals surface area contributed by atoms with Gasteiger partial charge in [-0.25, -0.2) is 8.42 Å². The molecular weight excluding hydrogens is 340 g/mol. The molecule has 3 heterocycles. The normalized spacial score (nSPS) is 28.2. The van der Waals surface area contributed by atoms with Gasteiger partial charge in [-0.3, -0.25) is 4.79 Å². The smallest absolute Gasteiger partial charge is 0.241 e. The Hall–Kier alpha value is -0.660. The van der Waals surface area contributed by atoms with E-state index in [1.165, 1.54) is 4.31 Å². The fourth-order valence-corrected chi connectivity index (χ4v) is 6.42. The van der Waals surface area contributed by atoms with Gasteiger partial charge < -0.3 is 9.64 Å². The lowest BCUT2D eigenvalue weighted by molar-refractivity contribution is -0.141. The Morgan fingerprint density at radius 2 is 1.88 bits per heavy atom. The van der Waals surface area contributed by atoms with Gasteiger partial charge in [0.05, 0.1) is 5.75 Å². The van der Waals surface area contributed by atoms with Gasteiger partial charge in [0, 0.05) is 32.8 Å². The molecule has 0 radical (unpaired) electrons. The lowest BCUT2D eigenvalue weighted by Crippen LogP contribution is -2.57. The minimum Gasteiger partial charge on any atom is -0.381 e. The van der Waals surface area contributed by atoms with Gasteiger partial charge in [-0.05, 0) is 50.4 Å². The number of likely N-dealkylation sites (tertiary alicyclic amines) is 1. The minimum absolute atomic E-state index is 0.0324. The average molecular weight is 373 g/mol. The molecule has 0 aromatic carbocycles. The molecule has 1 atom stereocenters. The molecule has 3 aliphatic heterocycles. The molecule has 3 fully saturated rings. The molecule has 25 heavy (non-hydrogen) atoms. The highest BCUT2D eigenvalue weighted by atomic mass is 32.2. The van der Waals surface area contributed by atoms with Crippen LogP contribution < -0.4 is 0 Å². The summed E-state index contributed by atoms with van der Waals surface area (Å²) in [6.07, 6.45) is 7.23. The monoisotopic (exact) mass is 372 g/mol. The fraction of sp³-hybridized carbons (Fsp3) is 0.944. The van der Waals surface area contributed by atoms with Crippen molar-refractivity contribution < 1.29 is 17.9 Å². The van der Waals surface area contributed by atoms with Crippen molar-refractivity contribution >= 4 is 15.9 Å². The Kier molecular flexibility index (Phi) is 6.06. The summed E-state index contributed by atoms with van der Waals surface area (Å²) in [5, 5.41) is 0. The topological polar surface area (TPSA) is 66.9 Å². The van der Waals surface area contributed by atoms with Crippen LogP contribution in [0, 0.1) is 5.41 Å². The third-order valence-electron chi connectivity index (χ3n) is 6.08. The Morgan fingerprint density at radius 1 is 1.12 bits per heavy atom. The van der Waals surface area contributed by atoms with Gasteiger partial charge in [0.15, 0.2) is 0 Å².